The van der Waals surface area contributed by atoms with Crippen LogP contribution in [0.3, 0.4) is 0 Å². The van der Waals surface area contributed by atoms with Gasteiger partial charge in [-0.1, -0.05) is 240 Å². The van der Waals surface area contributed by atoms with Crippen molar-refractivity contribution in [1.29, 1.82) is 0 Å². The number of nitrogens with one attached hydrogen (secondary N) is 5. The number of aromatic nitrogens is 4. The first kappa shape index (κ1) is 93.9. The Hall–Kier alpha value is -15.8. The minimum absolute atomic E-state index is 0.00642. The van der Waals surface area contributed by atoms with E-state index in [1.807, 2.05) is 287 Å². The Kier molecular flexibility index (Phi) is 33.7. The summed E-state index contributed by atoms with van der Waals surface area (Å²) < 4.78 is 0. The molecular weight excluding hydrogens is 1630 g/mol. The van der Waals surface area contributed by atoms with Gasteiger partial charge in [0.15, 0.2) is 28.9 Å². The highest BCUT2D eigenvalue weighted by molar-refractivity contribution is 7.14. The third-order valence-corrected chi connectivity index (χ3v) is 21.6. The van der Waals surface area contributed by atoms with Crippen LogP contribution < -0.4 is 26.6 Å². The van der Waals surface area contributed by atoms with E-state index < -0.39 is 0 Å². The topological polar surface area (TPSA) is 282 Å². The van der Waals surface area contributed by atoms with Gasteiger partial charge in [0.05, 0.1) is 39.9 Å². The Morgan fingerprint density at radius 3 is 0.992 bits per heavy atom. The lowest BCUT2D eigenvalue weighted by atomic mass is 10.0. The number of pyridine rings is 4. The van der Waals surface area contributed by atoms with Crippen molar-refractivity contribution in [1.82, 2.24) is 19.9 Å². The van der Waals surface area contributed by atoms with E-state index in [2.05, 4.69) is 46.5 Å². The summed E-state index contributed by atoms with van der Waals surface area (Å²) in [6.45, 7) is 19.4. The average molecular weight is 1730 g/mol. The molecule has 646 valence electrons. The van der Waals surface area contributed by atoms with Crippen LogP contribution in [0, 0.1) is 69.2 Å². The molecule has 5 aromatic heterocycles. The molecule has 0 atom stereocenters. The molecule has 20 heteroatoms. The van der Waals surface area contributed by atoms with E-state index in [9.17, 15) is 47.9 Å². The first-order valence-corrected chi connectivity index (χ1v) is 42.7. The van der Waals surface area contributed by atoms with Crippen LogP contribution in [-0.4, -0.2) is 78.4 Å². The molecule has 0 saturated heterocycles. The number of thiophene rings is 1. The number of amides is 5. The summed E-state index contributed by atoms with van der Waals surface area (Å²) >= 11 is 1.37. The number of hydrogen-bond acceptors (Lipinski definition) is 15. The standard InChI is InChI=1S/4C22H20N2O2.C21H19NO2S/c1-15-7-5-9-17(13-15)14-20(25)21-19(11-6-12-23-21)24-22(26)18-10-4-3-8-16(18)2;1-15-7-5-9-17(13-15)14-20(25)19-11-6-12-23-21(19)24-22(26)18-10-4-3-8-16(18)2;1-15-6-5-8-17(12-15)13-21(25)19-14-23-11-10-20(19)24-22(26)18-9-4-3-7-16(18)2;1-15-6-5-8-17(12-15)13-21(25)19-10-11-23-14-20(19)24-22(26)18-9-4-3-7-16(18)2;1-14-6-5-8-16(12-14)13-19(23)18-10-11-25-21(18)22-20(24)17-9-4-3-7-15(17)2/h3-13H,14H2,1-2H3,(H,24,26);3-13H,14H2,1-2H3,(H,23,24,26);3-12,14H,13H2,1-2H3,(H,23,24,26);3-12,14H,13H2,1-2H3,(H,24,26);3-12H,13H2,1-2H3,(H,22,24). The fourth-order valence-corrected chi connectivity index (χ4v) is 14.9. The van der Waals surface area contributed by atoms with Gasteiger partial charge >= 0.3 is 0 Å². The van der Waals surface area contributed by atoms with E-state index in [1.54, 1.807) is 97.6 Å². The van der Waals surface area contributed by atoms with Crippen LogP contribution in [0.4, 0.5) is 27.9 Å². The van der Waals surface area contributed by atoms with E-state index in [0.29, 0.717) is 84.4 Å². The number of hydrogen-bond donors (Lipinski definition) is 5. The van der Waals surface area contributed by atoms with E-state index in [-0.39, 0.29) is 89.8 Å². The van der Waals surface area contributed by atoms with Gasteiger partial charge in [-0.25, -0.2) is 4.98 Å². The van der Waals surface area contributed by atoms with Crippen LogP contribution in [0.25, 0.3) is 0 Å². The molecule has 15 aromatic rings. The fraction of sp³-hybridized carbons (Fsp3) is 0.138. The summed E-state index contributed by atoms with van der Waals surface area (Å²) in [5.41, 5.74) is 21.1. The number of Topliss-reactive ketones (excluding diaryl/α,β-unsaturated/α-hetero) is 5. The maximum atomic E-state index is 12.8. The molecule has 0 aliphatic rings. The van der Waals surface area contributed by atoms with Gasteiger partial charge in [0.1, 0.15) is 16.5 Å². The molecule has 0 aliphatic carbocycles. The lowest BCUT2D eigenvalue weighted by Crippen LogP contribution is -2.17. The Morgan fingerprint density at radius 1 is 0.248 bits per heavy atom. The molecule has 0 spiro atoms. The zero-order valence-electron chi connectivity index (χ0n) is 73.5. The summed E-state index contributed by atoms with van der Waals surface area (Å²) in [4.78, 5) is 143. The van der Waals surface area contributed by atoms with Crippen molar-refractivity contribution in [2.75, 3.05) is 26.6 Å². The summed E-state index contributed by atoms with van der Waals surface area (Å²) in [7, 11) is 0. The first-order chi connectivity index (χ1) is 62.2. The molecule has 0 aliphatic heterocycles. The van der Waals surface area contributed by atoms with Crippen molar-refractivity contribution >= 4 is 97.7 Å². The molecule has 0 fully saturated rings. The molecule has 5 heterocycles. The van der Waals surface area contributed by atoms with Crippen LogP contribution in [0.2, 0.25) is 0 Å². The number of aryl methyl sites for hydroxylation is 10. The zero-order valence-corrected chi connectivity index (χ0v) is 74.3. The maximum absolute atomic E-state index is 12.8. The predicted octanol–water partition coefficient (Wildman–Crippen LogP) is 22.5. The lowest BCUT2D eigenvalue weighted by molar-refractivity contribution is 0.0980. The Balaban J connectivity index is 0.000000156. The van der Waals surface area contributed by atoms with Crippen molar-refractivity contribution in [2.45, 2.75) is 101 Å². The maximum Gasteiger partial charge on any atom is 0.257 e. The Bertz CT molecular complexity index is 5980. The van der Waals surface area contributed by atoms with Gasteiger partial charge in [-0.05, 0) is 203 Å². The van der Waals surface area contributed by atoms with Gasteiger partial charge in [0, 0.05) is 96.5 Å². The molecule has 0 unspecified atom stereocenters. The largest absolute Gasteiger partial charge is 0.321 e. The van der Waals surface area contributed by atoms with Crippen molar-refractivity contribution < 1.29 is 47.9 Å². The van der Waals surface area contributed by atoms with E-state index in [0.717, 1.165) is 83.5 Å². The minimum Gasteiger partial charge on any atom is -0.321 e. The summed E-state index contributed by atoms with van der Waals surface area (Å²) in [5, 5.41) is 16.6. The highest BCUT2D eigenvalue weighted by atomic mass is 32.1. The van der Waals surface area contributed by atoms with Crippen molar-refractivity contribution in [2.24, 2.45) is 0 Å². The van der Waals surface area contributed by atoms with E-state index in [4.69, 9.17) is 0 Å². The minimum atomic E-state index is -0.272. The number of ketones is 5. The third kappa shape index (κ3) is 27.4. The molecule has 5 N–H and O–H groups in total. The molecule has 0 radical (unpaired) electrons. The van der Waals surface area contributed by atoms with Crippen molar-refractivity contribution in [3.05, 3.63) is 467 Å². The number of benzene rings is 10. The second-order valence-corrected chi connectivity index (χ2v) is 32.0. The average Bonchev–Trinajstić information content (AvgIpc) is 1.81. The van der Waals surface area contributed by atoms with Crippen LogP contribution >= 0.6 is 11.3 Å². The van der Waals surface area contributed by atoms with E-state index in [1.165, 1.54) is 23.7 Å². The number of anilines is 5. The molecular formula is C109H99N9O10S. The smallest absolute Gasteiger partial charge is 0.257 e. The van der Waals surface area contributed by atoms with Gasteiger partial charge < -0.3 is 26.6 Å². The van der Waals surface area contributed by atoms with E-state index >= 15 is 0 Å². The van der Waals surface area contributed by atoms with Gasteiger partial charge in [-0.15, -0.1) is 11.3 Å². The molecule has 5 amide bonds. The normalized spacial score (nSPS) is 10.4. The lowest BCUT2D eigenvalue weighted by Gasteiger charge is -2.11. The third-order valence-electron chi connectivity index (χ3n) is 20.8. The molecule has 19 nitrogen and oxygen atoms in total. The Morgan fingerprint density at radius 2 is 0.574 bits per heavy atom. The van der Waals surface area contributed by atoms with Gasteiger partial charge in [0.2, 0.25) is 0 Å². The summed E-state index contributed by atoms with van der Waals surface area (Å²) in [5.74, 6) is -1.25. The van der Waals surface area contributed by atoms with Crippen LogP contribution in [0.5, 0.6) is 0 Å². The monoisotopic (exact) mass is 1730 g/mol. The van der Waals surface area contributed by atoms with Crippen molar-refractivity contribution in [3.8, 4) is 0 Å². The highest BCUT2D eigenvalue weighted by Crippen LogP contribution is 2.29. The highest BCUT2D eigenvalue weighted by Gasteiger charge is 2.24. The predicted molar refractivity (Wildman–Crippen MR) is 513 cm³/mol. The second kappa shape index (κ2) is 46.2. The number of rotatable bonds is 25. The Labute approximate surface area is 755 Å². The van der Waals surface area contributed by atoms with Crippen LogP contribution in [0.15, 0.2) is 328 Å². The van der Waals surface area contributed by atoms with Gasteiger partial charge in [-0.2, -0.15) is 0 Å². The fourth-order valence-electron chi connectivity index (χ4n) is 14.1. The summed E-state index contributed by atoms with van der Waals surface area (Å²) in [6.07, 6.45) is 10.6. The molecule has 0 saturated carbocycles. The zero-order chi connectivity index (χ0) is 91.9. The molecule has 129 heavy (non-hydrogen) atoms. The second-order valence-electron chi connectivity index (χ2n) is 31.1. The number of carbonyl (C=O) groups is 10. The number of carbonyl (C=O) groups excluding carboxylic acids is 10. The molecule has 10 aromatic carbocycles. The SMILES string of the molecule is Cc1cccc(CC(=O)c2cccnc2NC(=O)c2ccccc2C)c1.Cc1cccc(CC(=O)c2ccncc2NC(=O)c2ccccc2C)c1.Cc1cccc(CC(=O)c2ccsc2NC(=O)c2ccccc2C)c1.Cc1cccc(CC(=O)c2cnccc2NC(=O)c2ccccc2C)c1.Cc1cccc(CC(=O)c2ncccc2NC(=O)c2ccccc2C)c1. The van der Waals surface area contributed by atoms with Crippen LogP contribution in [0.1, 0.15) is 187 Å². The quantitative estimate of drug-likeness (QED) is 0.0333. The van der Waals surface area contributed by atoms with Gasteiger partial charge in [-0.3, -0.25) is 62.9 Å². The first-order valence-electron chi connectivity index (χ1n) is 41.9. The summed E-state index contributed by atoms with van der Waals surface area (Å²) in [6, 6.07) is 87.8. The molecule has 0 bridgehead atoms. The van der Waals surface area contributed by atoms with Crippen molar-refractivity contribution in [3.63, 3.8) is 0 Å². The van der Waals surface area contributed by atoms with Gasteiger partial charge in [0.25, 0.3) is 29.5 Å². The number of nitrogens with zero attached hydrogens (tertiary/aromatic N) is 4. The van der Waals surface area contributed by atoms with Crippen LogP contribution in [-0.2, 0) is 32.1 Å². The molecule has 15 rings (SSSR count).